The van der Waals surface area contributed by atoms with Gasteiger partial charge in [-0.2, -0.15) is 0 Å². The highest BCUT2D eigenvalue weighted by atomic mass is 32.2. The molecule has 0 aliphatic heterocycles. The summed E-state index contributed by atoms with van der Waals surface area (Å²) in [6.07, 6.45) is 4.13. The molecule has 0 bridgehead atoms. The molecule has 0 saturated carbocycles. The van der Waals surface area contributed by atoms with Gasteiger partial charge >= 0.3 is 0 Å². The van der Waals surface area contributed by atoms with E-state index in [1.807, 2.05) is 35.8 Å². The molecule has 0 amide bonds. The highest BCUT2D eigenvalue weighted by molar-refractivity contribution is 7.91. The van der Waals surface area contributed by atoms with Gasteiger partial charge in [0, 0.05) is 35.9 Å². The molecule has 2 N–H and O–H groups in total. The van der Waals surface area contributed by atoms with Gasteiger partial charge in [0.2, 0.25) is 0 Å². The van der Waals surface area contributed by atoms with Crippen molar-refractivity contribution >= 4 is 15.5 Å². The van der Waals surface area contributed by atoms with Crippen LogP contribution in [0.4, 0.5) is 5.69 Å². The van der Waals surface area contributed by atoms with Crippen LogP contribution in [0.2, 0.25) is 0 Å². The topological polar surface area (TPSA) is 78.0 Å². The lowest BCUT2D eigenvalue weighted by atomic mass is 10.2. The quantitative estimate of drug-likeness (QED) is 0.826. The molecule has 0 aliphatic carbocycles. The smallest absolute Gasteiger partial charge is 0.152 e. The van der Waals surface area contributed by atoms with Gasteiger partial charge in [-0.3, -0.25) is 0 Å². The van der Waals surface area contributed by atoms with Crippen molar-refractivity contribution in [1.29, 1.82) is 0 Å². The van der Waals surface area contributed by atoms with E-state index in [0.717, 1.165) is 11.4 Å². The predicted molar refractivity (Wildman–Crippen MR) is 81.0 cm³/mol. The van der Waals surface area contributed by atoms with Crippen molar-refractivity contribution in [3.63, 3.8) is 0 Å². The molecule has 6 heteroatoms. The molecule has 0 fully saturated rings. The summed E-state index contributed by atoms with van der Waals surface area (Å²) in [5.74, 6) is 1.13. The minimum atomic E-state index is -2.98. The summed E-state index contributed by atoms with van der Waals surface area (Å²) >= 11 is 0. The van der Waals surface area contributed by atoms with Crippen LogP contribution in [0.1, 0.15) is 13.3 Å². The molecule has 0 atom stereocenters. The lowest BCUT2D eigenvalue weighted by Crippen LogP contribution is -2.16. The van der Waals surface area contributed by atoms with E-state index in [4.69, 9.17) is 5.73 Å². The molecule has 5 nitrogen and oxygen atoms in total. The van der Waals surface area contributed by atoms with Crippen molar-refractivity contribution in [2.75, 3.05) is 17.2 Å². The summed E-state index contributed by atoms with van der Waals surface area (Å²) in [7, 11) is -2.98. The van der Waals surface area contributed by atoms with Crippen LogP contribution < -0.4 is 5.73 Å². The molecule has 108 valence electrons. The molecule has 20 heavy (non-hydrogen) atoms. The molecule has 1 heterocycles. The van der Waals surface area contributed by atoms with E-state index in [1.165, 1.54) is 0 Å². The lowest BCUT2D eigenvalue weighted by Gasteiger charge is -2.08. The Morgan fingerprint density at radius 2 is 1.90 bits per heavy atom. The first kappa shape index (κ1) is 14.6. The number of nitrogens with zero attached hydrogens (tertiary/aromatic N) is 2. The zero-order valence-corrected chi connectivity index (χ0v) is 12.3. The summed E-state index contributed by atoms with van der Waals surface area (Å²) in [6.45, 7) is 2.29. The maximum absolute atomic E-state index is 11.8. The second-order valence-corrected chi connectivity index (χ2v) is 7.02. The molecule has 0 saturated heterocycles. The summed E-state index contributed by atoms with van der Waals surface area (Å²) in [5, 5.41) is 0. The van der Waals surface area contributed by atoms with E-state index in [-0.39, 0.29) is 11.5 Å². The lowest BCUT2D eigenvalue weighted by molar-refractivity contribution is 0.588. The number of anilines is 1. The van der Waals surface area contributed by atoms with Crippen LogP contribution in [0.15, 0.2) is 36.7 Å². The van der Waals surface area contributed by atoms with Crippen LogP contribution in [-0.2, 0) is 16.4 Å². The first-order valence-electron chi connectivity index (χ1n) is 6.59. The zero-order chi connectivity index (χ0) is 14.6. The maximum atomic E-state index is 11.8. The van der Waals surface area contributed by atoms with Gasteiger partial charge in [-0.25, -0.2) is 13.4 Å². The standard InChI is InChI=1S/C14H19N3O2S/c1-2-10-20(18,19)11-9-17-8-7-16-14(17)12-3-5-13(15)6-4-12/h3-8H,2,9-11,15H2,1H3. The number of hydrogen-bond donors (Lipinski definition) is 1. The first-order chi connectivity index (χ1) is 9.52. The number of imidazole rings is 1. The van der Waals surface area contributed by atoms with Crippen LogP contribution in [0, 0.1) is 0 Å². The molecule has 1 aromatic heterocycles. The minimum Gasteiger partial charge on any atom is -0.399 e. The fourth-order valence-electron chi connectivity index (χ4n) is 2.03. The number of hydrogen-bond acceptors (Lipinski definition) is 4. The summed E-state index contributed by atoms with van der Waals surface area (Å²) < 4.78 is 25.4. The highest BCUT2D eigenvalue weighted by Crippen LogP contribution is 2.19. The molecule has 2 aromatic rings. The van der Waals surface area contributed by atoms with Gasteiger partial charge < -0.3 is 10.3 Å². The number of benzene rings is 1. The monoisotopic (exact) mass is 293 g/mol. The molecular weight excluding hydrogens is 274 g/mol. The third-order valence-corrected chi connectivity index (χ3v) is 4.88. The molecule has 1 aromatic carbocycles. The van der Waals surface area contributed by atoms with Crippen LogP contribution in [0.25, 0.3) is 11.4 Å². The van der Waals surface area contributed by atoms with Gasteiger partial charge in [-0.15, -0.1) is 0 Å². The number of aryl methyl sites for hydroxylation is 1. The largest absolute Gasteiger partial charge is 0.399 e. The van der Waals surface area contributed by atoms with E-state index < -0.39 is 9.84 Å². The van der Waals surface area contributed by atoms with Gasteiger partial charge in [0.05, 0.1) is 5.75 Å². The second kappa shape index (κ2) is 6.09. The van der Waals surface area contributed by atoms with E-state index in [0.29, 0.717) is 18.7 Å². The van der Waals surface area contributed by atoms with Crippen molar-refractivity contribution in [2.45, 2.75) is 19.9 Å². The number of nitrogens with two attached hydrogens (primary N) is 1. The van der Waals surface area contributed by atoms with Crippen LogP contribution >= 0.6 is 0 Å². The van der Waals surface area contributed by atoms with Gasteiger partial charge in [-0.05, 0) is 30.7 Å². The van der Waals surface area contributed by atoms with E-state index in [9.17, 15) is 8.42 Å². The number of aromatic nitrogens is 2. The van der Waals surface area contributed by atoms with Crippen molar-refractivity contribution in [2.24, 2.45) is 0 Å². The number of nitrogen functional groups attached to an aromatic ring is 1. The Labute approximate surface area is 119 Å². The van der Waals surface area contributed by atoms with Gasteiger partial charge in [0.15, 0.2) is 9.84 Å². The van der Waals surface area contributed by atoms with Gasteiger partial charge in [-0.1, -0.05) is 6.92 Å². The van der Waals surface area contributed by atoms with Gasteiger partial charge in [0.25, 0.3) is 0 Å². The Balaban J connectivity index is 2.15. The number of rotatable bonds is 6. The molecule has 0 radical (unpaired) electrons. The van der Waals surface area contributed by atoms with Crippen LogP contribution in [0.3, 0.4) is 0 Å². The van der Waals surface area contributed by atoms with E-state index >= 15 is 0 Å². The third-order valence-electron chi connectivity index (χ3n) is 3.04. The average molecular weight is 293 g/mol. The fourth-order valence-corrected chi connectivity index (χ4v) is 3.33. The molecule has 2 rings (SSSR count). The van der Waals surface area contributed by atoms with Crippen molar-refractivity contribution in [3.8, 4) is 11.4 Å². The Bertz CT molecular complexity index is 660. The van der Waals surface area contributed by atoms with E-state index in [1.54, 1.807) is 12.4 Å². The molecule has 0 aliphatic rings. The fraction of sp³-hybridized carbons (Fsp3) is 0.357. The normalized spacial score (nSPS) is 11.7. The molecule has 0 spiro atoms. The zero-order valence-electron chi connectivity index (χ0n) is 11.5. The Morgan fingerprint density at radius 3 is 2.55 bits per heavy atom. The Morgan fingerprint density at radius 1 is 1.20 bits per heavy atom. The Kier molecular flexibility index (Phi) is 4.44. The summed E-state index contributed by atoms with van der Waals surface area (Å²) in [6, 6.07) is 7.38. The van der Waals surface area contributed by atoms with Crippen LogP contribution in [-0.4, -0.2) is 29.5 Å². The van der Waals surface area contributed by atoms with Crippen LogP contribution in [0.5, 0.6) is 0 Å². The average Bonchev–Trinajstić information content (AvgIpc) is 2.86. The second-order valence-electron chi connectivity index (χ2n) is 4.72. The highest BCUT2D eigenvalue weighted by Gasteiger charge is 2.12. The van der Waals surface area contributed by atoms with Gasteiger partial charge in [0.1, 0.15) is 5.82 Å². The Hall–Kier alpha value is -1.82. The molecule has 0 unspecified atom stereocenters. The third kappa shape index (κ3) is 3.60. The maximum Gasteiger partial charge on any atom is 0.152 e. The number of sulfone groups is 1. The predicted octanol–water partition coefficient (Wildman–Crippen LogP) is 1.96. The van der Waals surface area contributed by atoms with Crippen molar-refractivity contribution < 1.29 is 8.42 Å². The van der Waals surface area contributed by atoms with Crippen molar-refractivity contribution in [3.05, 3.63) is 36.7 Å². The summed E-state index contributed by atoms with van der Waals surface area (Å²) in [5.41, 5.74) is 7.28. The SMILES string of the molecule is CCCS(=O)(=O)CCn1ccnc1-c1ccc(N)cc1. The summed E-state index contributed by atoms with van der Waals surface area (Å²) in [4.78, 5) is 4.29. The molecular formula is C14H19N3O2S. The first-order valence-corrected chi connectivity index (χ1v) is 8.41. The van der Waals surface area contributed by atoms with Crippen molar-refractivity contribution in [1.82, 2.24) is 9.55 Å². The minimum absolute atomic E-state index is 0.138. The van der Waals surface area contributed by atoms with E-state index in [2.05, 4.69) is 4.98 Å².